The number of carbonyl (C=O) groups is 1. The van der Waals surface area contributed by atoms with E-state index in [9.17, 15) is 9.18 Å². The van der Waals surface area contributed by atoms with Crippen LogP contribution in [-0.2, 0) is 0 Å². The van der Waals surface area contributed by atoms with Gasteiger partial charge in [0.1, 0.15) is 5.82 Å². The molecule has 0 unspecified atom stereocenters. The van der Waals surface area contributed by atoms with Gasteiger partial charge in [0.05, 0.1) is 5.69 Å². The molecule has 2 amide bonds. The Balaban J connectivity index is 1.64. The molecule has 1 atom stereocenters. The number of piperazine rings is 1. The quantitative estimate of drug-likeness (QED) is 0.899. The summed E-state index contributed by atoms with van der Waals surface area (Å²) in [6.45, 7) is 3.98. The summed E-state index contributed by atoms with van der Waals surface area (Å²) in [4.78, 5) is 16.0. The highest BCUT2D eigenvalue weighted by Gasteiger charge is 2.31. The Morgan fingerprint density at radius 2 is 2.05 bits per heavy atom. The van der Waals surface area contributed by atoms with Crippen molar-refractivity contribution in [2.45, 2.75) is 31.8 Å². The van der Waals surface area contributed by atoms with Crippen molar-refractivity contribution in [2.75, 3.05) is 24.5 Å². The van der Waals surface area contributed by atoms with E-state index in [0.717, 1.165) is 12.8 Å². The zero-order valence-electron chi connectivity index (χ0n) is 11.7. The van der Waals surface area contributed by atoms with Crippen LogP contribution in [0.5, 0.6) is 0 Å². The van der Waals surface area contributed by atoms with Gasteiger partial charge in [-0.3, -0.25) is 0 Å². The molecule has 1 saturated heterocycles. The van der Waals surface area contributed by atoms with Gasteiger partial charge in [0, 0.05) is 31.7 Å². The van der Waals surface area contributed by atoms with Crippen LogP contribution in [-0.4, -0.2) is 42.6 Å². The molecule has 0 radical (unpaired) electrons. The van der Waals surface area contributed by atoms with Crippen molar-refractivity contribution < 1.29 is 9.18 Å². The van der Waals surface area contributed by atoms with Crippen LogP contribution in [0, 0.1) is 5.82 Å². The Morgan fingerprint density at radius 1 is 1.30 bits per heavy atom. The molecule has 1 heterocycles. The van der Waals surface area contributed by atoms with Crippen molar-refractivity contribution in [2.24, 2.45) is 0 Å². The molecule has 2 aliphatic rings. The smallest absolute Gasteiger partial charge is 0.317 e. The molecule has 1 aromatic carbocycles. The molecule has 0 aromatic heterocycles. The highest BCUT2D eigenvalue weighted by atomic mass is 19.1. The van der Waals surface area contributed by atoms with Crippen LogP contribution in [0.2, 0.25) is 0 Å². The predicted octanol–water partition coefficient (Wildman–Crippen LogP) is 2.21. The van der Waals surface area contributed by atoms with Crippen molar-refractivity contribution in [3.05, 3.63) is 30.1 Å². The molecule has 20 heavy (non-hydrogen) atoms. The summed E-state index contributed by atoms with van der Waals surface area (Å²) < 4.78 is 13.8. The number of halogens is 1. The van der Waals surface area contributed by atoms with Crippen LogP contribution in [0.4, 0.5) is 14.9 Å². The first-order valence-corrected chi connectivity index (χ1v) is 7.22. The summed E-state index contributed by atoms with van der Waals surface area (Å²) in [5.41, 5.74) is 0.626. The number of hydrogen-bond acceptors (Lipinski definition) is 2. The summed E-state index contributed by atoms with van der Waals surface area (Å²) >= 11 is 0. The van der Waals surface area contributed by atoms with E-state index < -0.39 is 0 Å². The van der Waals surface area contributed by atoms with E-state index in [2.05, 4.69) is 5.32 Å². The molecule has 1 N–H and O–H groups in total. The third-order valence-corrected chi connectivity index (χ3v) is 3.99. The second-order valence-corrected chi connectivity index (χ2v) is 5.66. The number of urea groups is 1. The molecule has 108 valence electrons. The van der Waals surface area contributed by atoms with Gasteiger partial charge >= 0.3 is 6.03 Å². The molecule has 0 spiro atoms. The minimum absolute atomic E-state index is 0.0215. The maximum absolute atomic E-state index is 13.8. The predicted molar refractivity (Wildman–Crippen MR) is 76.3 cm³/mol. The van der Waals surface area contributed by atoms with E-state index >= 15 is 0 Å². The fraction of sp³-hybridized carbons (Fsp3) is 0.533. The van der Waals surface area contributed by atoms with E-state index in [1.807, 2.05) is 22.8 Å². The van der Waals surface area contributed by atoms with Gasteiger partial charge in [-0.1, -0.05) is 12.1 Å². The molecule has 4 nitrogen and oxygen atoms in total. The van der Waals surface area contributed by atoms with Gasteiger partial charge < -0.3 is 15.1 Å². The topological polar surface area (TPSA) is 35.6 Å². The second kappa shape index (κ2) is 5.31. The zero-order valence-corrected chi connectivity index (χ0v) is 11.7. The van der Waals surface area contributed by atoms with Crippen LogP contribution in [0.25, 0.3) is 0 Å². The first-order valence-electron chi connectivity index (χ1n) is 7.22. The number of anilines is 1. The number of nitrogens with zero attached hydrogens (tertiary/aromatic N) is 2. The third-order valence-electron chi connectivity index (χ3n) is 3.99. The van der Waals surface area contributed by atoms with Crippen LogP contribution >= 0.6 is 0 Å². The number of benzene rings is 1. The van der Waals surface area contributed by atoms with E-state index in [0.29, 0.717) is 31.4 Å². The van der Waals surface area contributed by atoms with Crippen molar-refractivity contribution in [1.29, 1.82) is 0 Å². The summed E-state index contributed by atoms with van der Waals surface area (Å²) in [5, 5.41) is 3.01. The standard InChI is InChI=1S/C15H20FN3O/c1-11-10-18(14-5-3-2-4-13(14)16)8-9-19(11)15(20)17-12-6-7-12/h2-5,11-12H,6-10H2,1H3,(H,17,20)/t11-/m1/s1. The van der Waals surface area contributed by atoms with Crippen molar-refractivity contribution >= 4 is 11.7 Å². The Morgan fingerprint density at radius 3 is 2.70 bits per heavy atom. The molecule has 2 fully saturated rings. The van der Waals surface area contributed by atoms with Crippen molar-refractivity contribution in [3.63, 3.8) is 0 Å². The summed E-state index contributed by atoms with van der Waals surface area (Å²) in [6.07, 6.45) is 2.19. The Bertz CT molecular complexity index is 504. The van der Waals surface area contributed by atoms with Crippen LogP contribution in [0.15, 0.2) is 24.3 Å². The lowest BCUT2D eigenvalue weighted by Crippen LogP contribution is -2.57. The number of nitrogens with one attached hydrogen (secondary N) is 1. The van der Waals surface area contributed by atoms with Gasteiger partial charge in [-0.2, -0.15) is 0 Å². The van der Waals surface area contributed by atoms with E-state index in [4.69, 9.17) is 0 Å². The van der Waals surface area contributed by atoms with Gasteiger partial charge in [-0.05, 0) is 31.9 Å². The SMILES string of the molecule is C[C@@H]1CN(c2ccccc2F)CCN1C(=O)NC1CC1. The molecule has 1 saturated carbocycles. The Hall–Kier alpha value is -1.78. The highest BCUT2D eigenvalue weighted by molar-refractivity contribution is 5.75. The summed E-state index contributed by atoms with van der Waals surface area (Å²) in [5.74, 6) is -0.199. The average molecular weight is 277 g/mol. The third kappa shape index (κ3) is 2.71. The van der Waals surface area contributed by atoms with Gasteiger partial charge in [0.15, 0.2) is 0 Å². The molecule has 1 aliphatic carbocycles. The normalized spacial score (nSPS) is 22.8. The number of amides is 2. The molecule has 1 aliphatic heterocycles. The molecular formula is C15H20FN3O. The van der Waals surface area contributed by atoms with Crippen LogP contribution in [0.3, 0.4) is 0 Å². The van der Waals surface area contributed by atoms with Crippen LogP contribution < -0.4 is 10.2 Å². The Kier molecular flexibility index (Phi) is 3.51. The minimum atomic E-state index is -0.199. The molecular weight excluding hydrogens is 257 g/mol. The second-order valence-electron chi connectivity index (χ2n) is 5.66. The number of rotatable bonds is 2. The largest absolute Gasteiger partial charge is 0.365 e. The molecule has 5 heteroatoms. The molecule has 3 rings (SSSR count). The lowest BCUT2D eigenvalue weighted by Gasteiger charge is -2.41. The van der Waals surface area contributed by atoms with Crippen molar-refractivity contribution in [3.8, 4) is 0 Å². The molecule has 0 bridgehead atoms. The Labute approximate surface area is 118 Å². The van der Waals surface area contributed by atoms with Gasteiger partial charge in [-0.15, -0.1) is 0 Å². The van der Waals surface area contributed by atoms with E-state index in [-0.39, 0.29) is 17.9 Å². The lowest BCUT2D eigenvalue weighted by atomic mass is 10.1. The monoisotopic (exact) mass is 277 g/mol. The fourth-order valence-electron chi connectivity index (χ4n) is 2.67. The van der Waals surface area contributed by atoms with Gasteiger partial charge in [0.25, 0.3) is 0 Å². The first kappa shape index (κ1) is 13.2. The average Bonchev–Trinajstić information content (AvgIpc) is 3.23. The number of hydrogen-bond donors (Lipinski definition) is 1. The first-order chi connectivity index (χ1) is 9.65. The minimum Gasteiger partial charge on any atom is -0.365 e. The molecule has 1 aromatic rings. The van der Waals surface area contributed by atoms with Gasteiger partial charge in [-0.25, -0.2) is 9.18 Å². The maximum Gasteiger partial charge on any atom is 0.317 e. The maximum atomic E-state index is 13.8. The van der Waals surface area contributed by atoms with Gasteiger partial charge in [0.2, 0.25) is 0 Å². The number of para-hydroxylation sites is 1. The summed E-state index contributed by atoms with van der Waals surface area (Å²) in [7, 11) is 0. The van der Waals surface area contributed by atoms with Crippen LogP contribution in [0.1, 0.15) is 19.8 Å². The number of carbonyl (C=O) groups excluding carboxylic acids is 1. The van der Waals surface area contributed by atoms with E-state index in [1.54, 1.807) is 12.1 Å². The zero-order chi connectivity index (χ0) is 14.1. The fourth-order valence-corrected chi connectivity index (χ4v) is 2.67. The van der Waals surface area contributed by atoms with E-state index in [1.165, 1.54) is 6.07 Å². The highest BCUT2D eigenvalue weighted by Crippen LogP contribution is 2.23. The van der Waals surface area contributed by atoms with Crippen molar-refractivity contribution in [1.82, 2.24) is 10.2 Å². The lowest BCUT2D eigenvalue weighted by molar-refractivity contribution is 0.171. The summed E-state index contributed by atoms with van der Waals surface area (Å²) in [6, 6.07) is 7.29.